The van der Waals surface area contributed by atoms with E-state index in [0.29, 0.717) is 48.7 Å². The highest BCUT2D eigenvalue weighted by molar-refractivity contribution is 6.61. The van der Waals surface area contributed by atoms with Gasteiger partial charge in [0, 0.05) is 55.3 Å². The fourth-order valence-corrected chi connectivity index (χ4v) is 4.73. The number of nitrogens with zero attached hydrogens (tertiary/aromatic N) is 3. The van der Waals surface area contributed by atoms with Gasteiger partial charge >= 0.3 is 7.12 Å². The van der Waals surface area contributed by atoms with Crippen LogP contribution in [0.25, 0.3) is 11.0 Å². The first kappa shape index (κ1) is 26.1. The number of carbonyl (C=O) groups excluding carboxylic acids is 2. The molecule has 0 radical (unpaired) electrons. The number of carbonyl (C=O) groups is 2. The summed E-state index contributed by atoms with van der Waals surface area (Å²) >= 11 is 0. The van der Waals surface area contributed by atoms with E-state index in [2.05, 4.69) is 31.1 Å². The summed E-state index contributed by atoms with van der Waals surface area (Å²) in [6, 6.07) is 11.2. The summed E-state index contributed by atoms with van der Waals surface area (Å²) < 4.78 is 13.1. The molecule has 1 N–H and O–H groups in total. The van der Waals surface area contributed by atoms with Crippen LogP contribution < -0.4 is 16.3 Å². The SMILES string of the molecule is Cc1ccc(CNC(=O)c2cc3cc(B4OCC(C)(C)CO4)cnc3n(CC(=O)N3CC(C)C3)c2=O)cc1. The van der Waals surface area contributed by atoms with Gasteiger partial charge in [-0.3, -0.25) is 19.0 Å². The Labute approximate surface area is 222 Å². The largest absolute Gasteiger partial charge is 0.495 e. The summed E-state index contributed by atoms with van der Waals surface area (Å²) in [6.07, 6.45) is 1.61. The van der Waals surface area contributed by atoms with Crippen molar-refractivity contribution in [2.45, 2.75) is 40.8 Å². The molecule has 4 heterocycles. The standard InChI is InChI=1S/C28H33BN4O5/c1-18-5-7-20(8-6-18)11-31-26(35)23-10-21-9-22(29-37-16-28(3,4)17-38-29)12-30-25(21)33(27(23)36)15-24(34)32-13-19(2)14-32/h5-10,12,19H,11,13-17H2,1-4H3,(H,31,35). The molecule has 0 unspecified atom stereocenters. The van der Waals surface area contributed by atoms with Gasteiger partial charge in [-0.25, -0.2) is 4.98 Å². The Balaban J connectivity index is 1.47. The van der Waals surface area contributed by atoms with Gasteiger partial charge in [0.05, 0.1) is 0 Å². The van der Waals surface area contributed by atoms with Gasteiger partial charge in [0.25, 0.3) is 11.5 Å². The Kier molecular flexibility index (Phi) is 7.11. The quantitative estimate of drug-likeness (QED) is 0.502. The van der Waals surface area contributed by atoms with Crippen molar-refractivity contribution in [1.82, 2.24) is 19.8 Å². The summed E-state index contributed by atoms with van der Waals surface area (Å²) in [7, 11) is -0.594. The van der Waals surface area contributed by atoms with Crippen LogP contribution in [0, 0.1) is 18.3 Å². The second-order valence-electron chi connectivity index (χ2n) is 11.3. The average Bonchev–Trinajstić information content (AvgIpc) is 2.87. The van der Waals surface area contributed by atoms with Crippen molar-refractivity contribution >= 4 is 35.4 Å². The van der Waals surface area contributed by atoms with E-state index in [1.165, 1.54) is 10.6 Å². The molecule has 9 nitrogen and oxygen atoms in total. The van der Waals surface area contributed by atoms with E-state index < -0.39 is 18.6 Å². The molecule has 2 fully saturated rings. The molecule has 0 saturated carbocycles. The Morgan fingerprint density at radius 1 is 1.13 bits per heavy atom. The van der Waals surface area contributed by atoms with Crippen molar-refractivity contribution in [3.63, 3.8) is 0 Å². The highest BCUT2D eigenvalue weighted by atomic mass is 16.6. The predicted molar refractivity (Wildman–Crippen MR) is 145 cm³/mol. The summed E-state index contributed by atoms with van der Waals surface area (Å²) in [5.41, 5.74) is 2.40. The second-order valence-corrected chi connectivity index (χ2v) is 11.3. The number of rotatable bonds is 6. The Hall–Kier alpha value is -3.50. The average molecular weight is 516 g/mol. The molecule has 0 atom stereocenters. The molecule has 2 aliphatic rings. The number of fused-ring (bicyclic) bond motifs is 1. The number of aryl methyl sites for hydroxylation is 1. The normalized spacial score (nSPS) is 17.4. The van der Waals surface area contributed by atoms with E-state index >= 15 is 0 Å². The first-order chi connectivity index (χ1) is 18.1. The van der Waals surface area contributed by atoms with Crippen molar-refractivity contribution in [2.24, 2.45) is 11.3 Å². The summed E-state index contributed by atoms with van der Waals surface area (Å²) in [6.45, 7) is 10.7. The van der Waals surface area contributed by atoms with Crippen molar-refractivity contribution in [3.8, 4) is 0 Å². The zero-order valence-corrected chi connectivity index (χ0v) is 22.3. The van der Waals surface area contributed by atoms with Gasteiger partial charge in [-0.15, -0.1) is 0 Å². The molecule has 2 saturated heterocycles. The summed E-state index contributed by atoms with van der Waals surface area (Å²) in [4.78, 5) is 45.9. The van der Waals surface area contributed by atoms with E-state index in [4.69, 9.17) is 9.31 Å². The molecule has 1 aromatic carbocycles. The van der Waals surface area contributed by atoms with E-state index in [1.54, 1.807) is 11.1 Å². The Bertz CT molecular complexity index is 1420. The van der Waals surface area contributed by atoms with Gasteiger partial charge < -0.3 is 19.5 Å². The van der Waals surface area contributed by atoms with Gasteiger partial charge in [0.2, 0.25) is 5.91 Å². The van der Waals surface area contributed by atoms with Crippen LogP contribution in [0.3, 0.4) is 0 Å². The van der Waals surface area contributed by atoms with Crippen LogP contribution in [0.5, 0.6) is 0 Å². The molecule has 0 spiro atoms. The minimum absolute atomic E-state index is 0.0417. The molecular formula is C28H33BN4O5. The number of hydrogen-bond donors (Lipinski definition) is 1. The van der Waals surface area contributed by atoms with E-state index in [1.807, 2.05) is 37.3 Å². The highest BCUT2D eigenvalue weighted by Gasteiger charge is 2.34. The topological polar surface area (TPSA) is 103 Å². The molecule has 0 aliphatic carbocycles. The van der Waals surface area contributed by atoms with E-state index in [9.17, 15) is 14.4 Å². The maximum atomic E-state index is 13.5. The molecule has 2 amide bonds. The van der Waals surface area contributed by atoms with Gasteiger partial charge in [-0.05, 0) is 30.5 Å². The molecule has 198 valence electrons. The molecular weight excluding hydrogens is 483 g/mol. The number of benzene rings is 1. The predicted octanol–water partition coefficient (Wildman–Crippen LogP) is 1.88. The smallest absolute Gasteiger partial charge is 0.407 e. The van der Waals surface area contributed by atoms with Crippen LogP contribution in [0.4, 0.5) is 0 Å². The molecule has 2 aromatic heterocycles. The summed E-state index contributed by atoms with van der Waals surface area (Å²) in [5.74, 6) is -0.239. The van der Waals surface area contributed by atoms with Crippen LogP contribution in [0.15, 0.2) is 47.4 Å². The number of pyridine rings is 2. The Morgan fingerprint density at radius 2 is 1.82 bits per heavy atom. The molecule has 0 bridgehead atoms. The lowest BCUT2D eigenvalue weighted by Gasteiger charge is -2.37. The highest BCUT2D eigenvalue weighted by Crippen LogP contribution is 2.22. The van der Waals surface area contributed by atoms with Gasteiger partial charge in [-0.1, -0.05) is 50.6 Å². The van der Waals surface area contributed by atoms with Crippen LogP contribution in [0.2, 0.25) is 0 Å². The fraction of sp³-hybridized carbons (Fsp3) is 0.429. The maximum Gasteiger partial charge on any atom is 0.495 e. The zero-order valence-electron chi connectivity index (χ0n) is 22.3. The Morgan fingerprint density at radius 3 is 2.47 bits per heavy atom. The molecule has 2 aliphatic heterocycles. The third-order valence-electron chi connectivity index (χ3n) is 7.00. The van der Waals surface area contributed by atoms with Crippen LogP contribution >= 0.6 is 0 Å². The van der Waals surface area contributed by atoms with Crippen molar-refractivity contribution in [1.29, 1.82) is 0 Å². The second kappa shape index (κ2) is 10.3. The third kappa shape index (κ3) is 5.51. The molecule has 10 heteroatoms. The van der Waals surface area contributed by atoms with Crippen LogP contribution in [-0.2, 0) is 27.2 Å². The minimum atomic E-state index is -0.594. The van der Waals surface area contributed by atoms with E-state index in [0.717, 1.165) is 11.1 Å². The van der Waals surface area contributed by atoms with Crippen LogP contribution in [0.1, 0.15) is 42.3 Å². The lowest BCUT2D eigenvalue weighted by Crippen LogP contribution is -2.50. The van der Waals surface area contributed by atoms with Crippen LogP contribution in [-0.4, -0.2) is 59.7 Å². The first-order valence-corrected chi connectivity index (χ1v) is 13.0. The van der Waals surface area contributed by atoms with Gasteiger partial charge in [0.1, 0.15) is 17.8 Å². The minimum Gasteiger partial charge on any atom is -0.407 e. The number of hydrogen-bond acceptors (Lipinski definition) is 6. The fourth-order valence-electron chi connectivity index (χ4n) is 4.73. The lowest BCUT2D eigenvalue weighted by molar-refractivity contribution is -0.137. The monoisotopic (exact) mass is 516 g/mol. The number of likely N-dealkylation sites (tertiary alicyclic amines) is 1. The molecule has 3 aromatic rings. The van der Waals surface area contributed by atoms with Gasteiger partial charge in [-0.2, -0.15) is 0 Å². The van der Waals surface area contributed by atoms with Crippen molar-refractivity contribution in [3.05, 3.63) is 69.6 Å². The zero-order chi connectivity index (χ0) is 27.0. The van der Waals surface area contributed by atoms with E-state index in [-0.39, 0.29) is 30.0 Å². The number of amides is 2. The molecule has 5 rings (SSSR count). The number of aromatic nitrogens is 2. The number of nitrogens with one attached hydrogen (secondary N) is 1. The maximum absolute atomic E-state index is 13.5. The molecule has 38 heavy (non-hydrogen) atoms. The van der Waals surface area contributed by atoms with Crippen molar-refractivity contribution in [2.75, 3.05) is 26.3 Å². The first-order valence-electron chi connectivity index (χ1n) is 13.0. The van der Waals surface area contributed by atoms with Crippen molar-refractivity contribution < 1.29 is 18.9 Å². The third-order valence-corrected chi connectivity index (χ3v) is 7.00. The summed E-state index contributed by atoms with van der Waals surface area (Å²) in [5, 5.41) is 3.40. The lowest BCUT2D eigenvalue weighted by atomic mass is 9.76. The van der Waals surface area contributed by atoms with Gasteiger partial charge in [0.15, 0.2) is 0 Å².